The SMILES string of the molecule is COc1cccc(N2CCN(C(=O)CC3C(=O)Nc4ccccc4N3S(=O)(=O)c3c(C)cc(C)cc3C)CC2)c1. The van der Waals surface area contributed by atoms with E-state index in [1.165, 1.54) is 0 Å². The van der Waals surface area contributed by atoms with Crippen molar-refractivity contribution in [3.8, 4) is 5.75 Å². The molecule has 0 saturated carbocycles. The molecule has 0 aromatic heterocycles. The van der Waals surface area contributed by atoms with Gasteiger partial charge in [0.15, 0.2) is 0 Å². The summed E-state index contributed by atoms with van der Waals surface area (Å²) in [6.07, 6.45) is -0.261. The molecule has 1 unspecified atom stereocenters. The fourth-order valence-electron chi connectivity index (χ4n) is 5.72. The van der Waals surface area contributed by atoms with Gasteiger partial charge in [-0.3, -0.25) is 13.9 Å². The molecule has 0 bridgehead atoms. The summed E-state index contributed by atoms with van der Waals surface area (Å²) in [6, 6.07) is 17.0. The van der Waals surface area contributed by atoms with E-state index in [0.717, 1.165) is 21.3 Å². The highest BCUT2D eigenvalue weighted by Crippen LogP contribution is 2.39. The van der Waals surface area contributed by atoms with Crippen LogP contribution in [-0.2, 0) is 19.6 Å². The Morgan fingerprint density at radius 2 is 1.62 bits per heavy atom. The van der Waals surface area contributed by atoms with Crippen molar-refractivity contribution >= 4 is 38.9 Å². The van der Waals surface area contributed by atoms with Gasteiger partial charge in [0.25, 0.3) is 10.0 Å². The minimum absolute atomic E-state index is 0.159. The molecule has 2 aliphatic heterocycles. The van der Waals surface area contributed by atoms with Crippen molar-refractivity contribution in [2.45, 2.75) is 38.1 Å². The molecule has 1 fully saturated rings. The monoisotopic (exact) mass is 562 g/mol. The number of aryl methyl sites for hydroxylation is 3. The molecule has 1 N–H and O–H groups in total. The van der Waals surface area contributed by atoms with E-state index in [0.29, 0.717) is 48.7 Å². The van der Waals surface area contributed by atoms with Crippen LogP contribution in [0.25, 0.3) is 0 Å². The lowest BCUT2D eigenvalue weighted by molar-refractivity contribution is -0.133. The van der Waals surface area contributed by atoms with E-state index < -0.39 is 22.0 Å². The molecule has 2 heterocycles. The predicted octanol–water partition coefficient (Wildman–Crippen LogP) is 3.88. The van der Waals surface area contributed by atoms with Crippen molar-refractivity contribution in [2.75, 3.05) is 47.8 Å². The molecular formula is C30H34N4O5S. The number of para-hydroxylation sites is 2. The second-order valence-corrected chi connectivity index (χ2v) is 12.1. The number of benzene rings is 3. The van der Waals surface area contributed by atoms with E-state index >= 15 is 0 Å². The van der Waals surface area contributed by atoms with Gasteiger partial charge in [-0.15, -0.1) is 0 Å². The summed E-state index contributed by atoms with van der Waals surface area (Å²) in [7, 11) is -2.56. The first-order chi connectivity index (χ1) is 19.1. The van der Waals surface area contributed by atoms with Gasteiger partial charge in [0.1, 0.15) is 11.8 Å². The van der Waals surface area contributed by atoms with Crippen molar-refractivity contribution in [3.05, 3.63) is 77.4 Å². The average molecular weight is 563 g/mol. The van der Waals surface area contributed by atoms with Gasteiger partial charge in [-0.25, -0.2) is 8.42 Å². The van der Waals surface area contributed by atoms with Crippen LogP contribution >= 0.6 is 0 Å². The summed E-state index contributed by atoms with van der Waals surface area (Å²) >= 11 is 0. The number of carbonyl (C=O) groups is 2. The zero-order valence-corrected chi connectivity index (χ0v) is 24.0. The van der Waals surface area contributed by atoms with Crippen molar-refractivity contribution in [1.29, 1.82) is 0 Å². The number of sulfonamides is 1. The lowest BCUT2D eigenvalue weighted by atomic mass is 10.1. The van der Waals surface area contributed by atoms with Crippen molar-refractivity contribution in [3.63, 3.8) is 0 Å². The van der Waals surface area contributed by atoms with Gasteiger partial charge in [0.2, 0.25) is 11.8 Å². The van der Waals surface area contributed by atoms with Crippen LogP contribution in [0.5, 0.6) is 5.75 Å². The number of rotatable bonds is 6. The van der Waals surface area contributed by atoms with Crippen LogP contribution in [0.1, 0.15) is 23.1 Å². The van der Waals surface area contributed by atoms with E-state index in [2.05, 4.69) is 10.2 Å². The molecule has 0 aliphatic carbocycles. The molecule has 2 amide bonds. The number of hydrogen-bond acceptors (Lipinski definition) is 6. The summed E-state index contributed by atoms with van der Waals surface area (Å²) in [5.41, 5.74) is 3.90. The summed E-state index contributed by atoms with van der Waals surface area (Å²) < 4.78 is 35.0. The maximum Gasteiger partial charge on any atom is 0.265 e. The highest BCUT2D eigenvalue weighted by molar-refractivity contribution is 7.93. The molecule has 3 aromatic rings. The van der Waals surface area contributed by atoms with Gasteiger partial charge in [-0.1, -0.05) is 35.9 Å². The van der Waals surface area contributed by atoms with Gasteiger partial charge in [-0.05, 0) is 56.2 Å². The van der Waals surface area contributed by atoms with Crippen LogP contribution in [0.15, 0.2) is 65.6 Å². The molecule has 3 aromatic carbocycles. The molecule has 1 saturated heterocycles. The number of nitrogens with one attached hydrogen (secondary N) is 1. The first-order valence-corrected chi connectivity index (χ1v) is 14.7. The normalized spacial score (nSPS) is 17.4. The van der Waals surface area contributed by atoms with Crippen LogP contribution in [0.3, 0.4) is 0 Å². The minimum Gasteiger partial charge on any atom is -0.497 e. The molecule has 10 heteroatoms. The van der Waals surface area contributed by atoms with Crippen molar-refractivity contribution < 1.29 is 22.7 Å². The Morgan fingerprint density at radius 1 is 0.950 bits per heavy atom. The molecule has 9 nitrogen and oxygen atoms in total. The maximum atomic E-state index is 14.3. The molecule has 0 spiro atoms. The molecule has 210 valence electrons. The lowest BCUT2D eigenvalue weighted by Gasteiger charge is -2.39. The molecule has 1 atom stereocenters. The van der Waals surface area contributed by atoms with Crippen LogP contribution in [0.4, 0.5) is 17.1 Å². The summed E-state index contributed by atoms with van der Waals surface area (Å²) in [5.74, 6) is -0.0182. The van der Waals surface area contributed by atoms with Crippen LogP contribution in [0.2, 0.25) is 0 Å². The number of nitrogens with zero attached hydrogens (tertiary/aromatic N) is 3. The Hall–Kier alpha value is -4.05. The molecule has 0 radical (unpaired) electrons. The fourth-order valence-corrected chi connectivity index (χ4v) is 7.77. The number of piperazine rings is 1. The summed E-state index contributed by atoms with van der Waals surface area (Å²) in [4.78, 5) is 31.0. The minimum atomic E-state index is -4.18. The Bertz CT molecular complexity index is 1540. The van der Waals surface area contributed by atoms with E-state index in [-0.39, 0.29) is 17.2 Å². The van der Waals surface area contributed by atoms with Crippen LogP contribution in [-0.4, -0.2) is 64.5 Å². The van der Waals surface area contributed by atoms with E-state index in [1.54, 1.807) is 50.1 Å². The number of amides is 2. The maximum absolute atomic E-state index is 14.3. The second-order valence-electron chi connectivity index (χ2n) is 10.3. The Kier molecular flexibility index (Phi) is 7.46. The summed E-state index contributed by atoms with van der Waals surface area (Å²) in [6.45, 7) is 7.57. The van der Waals surface area contributed by atoms with E-state index in [9.17, 15) is 18.0 Å². The zero-order valence-electron chi connectivity index (χ0n) is 23.2. The smallest absolute Gasteiger partial charge is 0.265 e. The highest BCUT2D eigenvalue weighted by atomic mass is 32.2. The van der Waals surface area contributed by atoms with Gasteiger partial charge in [-0.2, -0.15) is 0 Å². The second kappa shape index (κ2) is 10.8. The van der Waals surface area contributed by atoms with Gasteiger partial charge in [0, 0.05) is 37.9 Å². The third-order valence-electron chi connectivity index (χ3n) is 7.53. The third-order valence-corrected chi connectivity index (χ3v) is 9.65. The molecular weight excluding hydrogens is 528 g/mol. The van der Waals surface area contributed by atoms with Crippen LogP contribution in [0, 0.1) is 20.8 Å². The van der Waals surface area contributed by atoms with Gasteiger partial charge >= 0.3 is 0 Å². The zero-order chi connectivity index (χ0) is 28.6. The number of methoxy groups -OCH3 is 1. The number of anilines is 3. The standard InChI is InChI=1S/C30H34N4O5S/c1-20-16-21(2)29(22(3)17-20)40(37,38)34-26-11-6-5-10-25(26)31-30(36)27(34)19-28(35)33-14-12-32(13-15-33)23-8-7-9-24(18-23)39-4/h5-11,16-18,27H,12-15,19H2,1-4H3,(H,31,36). The Morgan fingerprint density at radius 3 is 2.30 bits per heavy atom. The summed E-state index contributed by atoms with van der Waals surface area (Å²) in [5, 5.41) is 2.81. The largest absolute Gasteiger partial charge is 0.497 e. The quantitative estimate of drug-likeness (QED) is 0.490. The Labute approximate surface area is 235 Å². The molecule has 40 heavy (non-hydrogen) atoms. The third kappa shape index (κ3) is 5.11. The molecule has 2 aliphatic rings. The first-order valence-electron chi connectivity index (χ1n) is 13.3. The van der Waals surface area contributed by atoms with Crippen LogP contribution < -0.4 is 19.3 Å². The number of fused-ring (bicyclic) bond motifs is 1. The number of hydrogen-bond donors (Lipinski definition) is 1. The van der Waals surface area contributed by atoms with Crippen molar-refractivity contribution in [2.24, 2.45) is 0 Å². The van der Waals surface area contributed by atoms with E-state index in [4.69, 9.17) is 4.74 Å². The highest BCUT2D eigenvalue weighted by Gasteiger charge is 2.43. The van der Waals surface area contributed by atoms with Crippen molar-refractivity contribution in [1.82, 2.24) is 4.90 Å². The molecule has 5 rings (SSSR count). The fraction of sp³-hybridized carbons (Fsp3) is 0.333. The number of ether oxygens (including phenoxy) is 1. The Balaban J connectivity index is 1.41. The first kappa shape index (κ1) is 27.5. The number of carbonyl (C=O) groups excluding carboxylic acids is 2. The predicted molar refractivity (Wildman–Crippen MR) is 156 cm³/mol. The van der Waals surface area contributed by atoms with E-state index in [1.807, 2.05) is 43.3 Å². The topological polar surface area (TPSA) is 99.3 Å². The van der Waals surface area contributed by atoms with Gasteiger partial charge < -0.3 is 19.9 Å². The van der Waals surface area contributed by atoms with Gasteiger partial charge in [0.05, 0.1) is 29.8 Å². The lowest BCUT2D eigenvalue weighted by Crippen LogP contribution is -2.55. The average Bonchev–Trinajstić information content (AvgIpc) is 2.92.